The first-order valence-electron chi connectivity index (χ1n) is 8.30. The molecule has 0 spiro atoms. The van der Waals surface area contributed by atoms with Crippen LogP contribution in [0.1, 0.15) is 16.1 Å². The molecule has 134 valence electrons. The third kappa shape index (κ3) is 3.54. The van der Waals surface area contributed by atoms with Gasteiger partial charge < -0.3 is 16.4 Å². The molecule has 8 nitrogen and oxygen atoms in total. The second-order valence-electron chi connectivity index (χ2n) is 6.08. The lowest BCUT2D eigenvalue weighted by Gasteiger charge is -2.07. The largest absolute Gasteiger partial charge is 0.368 e. The van der Waals surface area contributed by atoms with Crippen molar-refractivity contribution in [2.45, 2.75) is 6.92 Å². The van der Waals surface area contributed by atoms with Gasteiger partial charge in [0.05, 0.1) is 5.52 Å². The molecule has 5 N–H and O–H groups in total. The third-order valence-electron chi connectivity index (χ3n) is 4.00. The van der Waals surface area contributed by atoms with Crippen molar-refractivity contribution in [1.82, 2.24) is 20.2 Å². The lowest BCUT2D eigenvalue weighted by Crippen LogP contribution is -2.12. The quantitative estimate of drug-likeness (QED) is 0.444. The molecule has 0 radical (unpaired) electrons. The molecular formula is C19H17N7O. The van der Waals surface area contributed by atoms with Crippen molar-refractivity contribution in [3.63, 3.8) is 0 Å². The zero-order chi connectivity index (χ0) is 18.8. The molecule has 4 aromatic rings. The van der Waals surface area contributed by atoms with Crippen LogP contribution in [0.4, 0.5) is 23.1 Å². The number of nitrogens with two attached hydrogens (primary N) is 1. The van der Waals surface area contributed by atoms with Gasteiger partial charge in [0.1, 0.15) is 5.82 Å². The Bertz CT molecular complexity index is 1140. The summed E-state index contributed by atoms with van der Waals surface area (Å²) >= 11 is 0. The number of carbonyl (C=O) groups is 1. The van der Waals surface area contributed by atoms with Crippen LogP contribution in [0.15, 0.2) is 54.7 Å². The Morgan fingerprint density at radius 1 is 1.11 bits per heavy atom. The number of hydrogen-bond acceptors (Lipinski definition) is 6. The van der Waals surface area contributed by atoms with E-state index in [4.69, 9.17) is 5.73 Å². The molecule has 4 rings (SSSR count). The molecule has 2 aromatic carbocycles. The monoisotopic (exact) mass is 359 g/mol. The number of anilines is 4. The molecule has 0 saturated carbocycles. The summed E-state index contributed by atoms with van der Waals surface area (Å²) in [6, 6.07) is 14.9. The number of benzene rings is 2. The first-order valence-corrected chi connectivity index (χ1v) is 8.30. The fraction of sp³-hybridized carbons (Fsp3) is 0.0526. The molecular weight excluding hydrogens is 342 g/mol. The number of nitrogen functional groups attached to an aromatic ring is 1. The van der Waals surface area contributed by atoms with Gasteiger partial charge in [-0.25, -0.2) is 4.98 Å². The van der Waals surface area contributed by atoms with Gasteiger partial charge in [0.2, 0.25) is 5.95 Å². The van der Waals surface area contributed by atoms with E-state index in [2.05, 4.69) is 30.8 Å². The van der Waals surface area contributed by atoms with Gasteiger partial charge in [0.15, 0.2) is 5.69 Å². The van der Waals surface area contributed by atoms with E-state index in [1.54, 1.807) is 12.3 Å². The summed E-state index contributed by atoms with van der Waals surface area (Å²) in [6.45, 7) is 1.97. The average molecular weight is 359 g/mol. The highest BCUT2D eigenvalue weighted by atomic mass is 16.1. The van der Waals surface area contributed by atoms with Crippen LogP contribution in [0.2, 0.25) is 0 Å². The number of fused-ring (bicyclic) bond motifs is 1. The highest BCUT2D eigenvalue weighted by molar-refractivity contribution is 6.11. The Kier molecular flexibility index (Phi) is 4.13. The Morgan fingerprint density at radius 3 is 2.81 bits per heavy atom. The topological polar surface area (TPSA) is 122 Å². The predicted molar refractivity (Wildman–Crippen MR) is 105 cm³/mol. The Hall–Kier alpha value is -3.94. The van der Waals surface area contributed by atoms with Crippen LogP contribution >= 0.6 is 0 Å². The summed E-state index contributed by atoms with van der Waals surface area (Å²) in [7, 11) is 0. The molecule has 0 fully saturated rings. The molecule has 0 aliphatic rings. The van der Waals surface area contributed by atoms with Gasteiger partial charge >= 0.3 is 0 Å². The summed E-state index contributed by atoms with van der Waals surface area (Å²) in [6.07, 6.45) is 1.57. The van der Waals surface area contributed by atoms with Gasteiger partial charge in [-0.05, 0) is 48.9 Å². The van der Waals surface area contributed by atoms with Crippen molar-refractivity contribution in [2.75, 3.05) is 16.4 Å². The summed E-state index contributed by atoms with van der Waals surface area (Å²) in [4.78, 5) is 20.6. The zero-order valence-electron chi connectivity index (χ0n) is 14.5. The number of aromatic amines is 1. The van der Waals surface area contributed by atoms with Gasteiger partial charge in [-0.1, -0.05) is 12.1 Å². The molecule has 0 aliphatic heterocycles. The number of nitrogens with one attached hydrogen (secondary N) is 3. The van der Waals surface area contributed by atoms with E-state index in [1.165, 1.54) is 0 Å². The van der Waals surface area contributed by atoms with Crippen molar-refractivity contribution in [1.29, 1.82) is 0 Å². The van der Waals surface area contributed by atoms with E-state index in [9.17, 15) is 4.79 Å². The molecule has 0 unspecified atom stereocenters. The second-order valence-corrected chi connectivity index (χ2v) is 6.08. The van der Waals surface area contributed by atoms with Crippen LogP contribution in [0.5, 0.6) is 0 Å². The van der Waals surface area contributed by atoms with E-state index in [1.807, 2.05) is 49.4 Å². The molecule has 27 heavy (non-hydrogen) atoms. The van der Waals surface area contributed by atoms with Crippen molar-refractivity contribution >= 4 is 40.0 Å². The number of amides is 1. The normalized spacial score (nSPS) is 10.7. The van der Waals surface area contributed by atoms with Gasteiger partial charge in [0, 0.05) is 23.0 Å². The van der Waals surface area contributed by atoms with E-state index in [0.29, 0.717) is 16.9 Å². The molecule has 0 aliphatic carbocycles. The van der Waals surface area contributed by atoms with Gasteiger partial charge in [-0.2, -0.15) is 10.1 Å². The Balaban J connectivity index is 1.62. The summed E-state index contributed by atoms with van der Waals surface area (Å²) in [5.41, 5.74) is 9.23. The van der Waals surface area contributed by atoms with Crippen molar-refractivity contribution in [3.8, 4) is 0 Å². The summed E-state index contributed by atoms with van der Waals surface area (Å²) in [5.74, 6) is 0.467. The SMILES string of the molecule is Cc1cccc(NC(=O)c2n[nH]c3ccc(Nc4ccnc(N)n4)cc23)c1. The lowest BCUT2D eigenvalue weighted by atomic mass is 10.1. The van der Waals surface area contributed by atoms with E-state index in [-0.39, 0.29) is 11.9 Å². The fourth-order valence-corrected chi connectivity index (χ4v) is 2.77. The Morgan fingerprint density at radius 2 is 2.00 bits per heavy atom. The van der Waals surface area contributed by atoms with Crippen molar-refractivity contribution in [2.24, 2.45) is 0 Å². The second kappa shape index (κ2) is 6.75. The smallest absolute Gasteiger partial charge is 0.276 e. The number of carbonyl (C=O) groups excluding carboxylic acids is 1. The molecule has 0 bridgehead atoms. The maximum absolute atomic E-state index is 12.7. The van der Waals surface area contributed by atoms with Crippen LogP contribution in [0.3, 0.4) is 0 Å². The van der Waals surface area contributed by atoms with Gasteiger partial charge in [0.25, 0.3) is 5.91 Å². The minimum atomic E-state index is -0.282. The zero-order valence-corrected chi connectivity index (χ0v) is 14.5. The van der Waals surface area contributed by atoms with Gasteiger partial charge in [-0.3, -0.25) is 9.89 Å². The highest BCUT2D eigenvalue weighted by Crippen LogP contribution is 2.24. The first-order chi connectivity index (χ1) is 13.1. The molecule has 0 saturated heterocycles. The highest BCUT2D eigenvalue weighted by Gasteiger charge is 2.15. The number of aryl methyl sites for hydroxylation is 1. The molecule has 8 heteroatoms. The van der Waals surface area contributed by atoms with Crippen molar-refractivity contribution < 1.29 is 4.79 Å². The van der Waals surface area contributed by atoms with Crippen LogP contribution in [-0.4, -0.2) is 26.1 Å². The van der Waals surface area contributed by atoms with Crippen molar-refractivity contribution in [3.05, 3.63) is 66.0 Å². The number of H-pyrrole nitrogens is 1. The molecule has 1 amide bonds. The van der Waals surface area contributed by atoms with Crippen LogP contribution in [-0.2, 0) is 0 Å². The number of aromatic nitrogens is 4. The Labute approximate surface area is 154 Å². The first kappa shape index (κ1) is 16.5. The fourth-order valence-electron chi connectivity index (χ4n) is 2.77. The van der Waals surface area contributed by atoms with Crippen LogP contribution < -0.4 is 16.4 Å². The van der Waals surface area contributed by atoms with E-state index in [0.717, 1.165) is 22.5 Å². The maximum atomic E-state index is 12.7. The predicted octanol–water partition coefficient (Wildman–Crippen LogP) is 3.24. The average Bonchev–Trinajstić information content (AvgIpc) is 3.05. The van der Waals surface area contributed by atoms with Crippen LogP contribution in [0, 0.1) is 6.92 Å². The van der Waals surface area contributed by atoms with Crippen LogP contribution in [0.25, 0.3) is 10.9 Å². The minimum absolute atomic E-state index is 0.183. The minimum Gasteiger partial charge on any atom is -0.368 e. The lowest BCUT2D eigenvalue weighted by molar-refractivity contribution is 0.102. The number of nitrogens with zero attached hydrogens (tertiary/aromatic N) is 3. The molecule has 0 atom stereocenters. The standard InChI is InChI=1S/C19H17N7O/c1-11-3-2-4-12(9-11)23-18(27)17-14-10-13(5-6-15(14)25-26-17)22-16-7-8-21-19(20)24-16/h2-10H,1H3,(H,23,27)(H,25,26)(H3,20,21,22,24). The van der Waals surface area contributed by atoms with E-state index < -0.39 is 0 Å². The summed E-state index contributed by atoms with van der Waals surface area (Å²) in [5, 5.41) is 13.8. The summed E-state index contributed by atoms with van der Waals surface area (Å²) < 4.78 is 0. The third-order valence-corrected chi connectivity index (χ3v) is 4.00. The van der Waals surface area contributed by atoms with E-state index >= 15 is 0 Å². The molecule has 2 heterocycles. The number of rotatable bonds is 4. The molecule has 2 aromatic heterocycles. The maximum Gasteiger partial charge on any atom is 0.276 e. The number of hydrogen-bond donors (Lipinski definition) is 4. The van der Waals surface area contributed by atoms with Gasteiger partial charge in [-0.15, -0.1) is 0 Å².